The molecular weight excluding hydrogens is 603 g/mol. The standard InChI is InChI=1S/C31H35ClF3N3O4S/c1-4-5-18-36-30(40)23(3)37(19-17-24-9-7-6-8-10-24)29(39)21-38(43(41,42)26-14-11-22(2)12-15-26)25-13-16-28(32)27(20-25)31(33,34)35/h6-16,20,23H,4-5,17-19,21H2,1-3H3,(H,36,40). The summed E-state index contributed by atoms with van der Waals surface area (Å²) in [5.74, 6) is -1.18. The maximum absolute atomic E-state index is 13.9. The lowest BCUT2D eigenvalue weighted by Crippen LogP contribution is -2.52. The summed E-state index contributed by atoms with van der Waals surface area (Å²) < 4.78 is 69.6. The molecule has 12 heteroatoms. The average Bonchev–Trinajstić information content (AvgIpc) is 2.96. The largest absolute Gasteiger partial charge is 0.417 e. The van der Waals surface area contributed by atoms with Gasteiger partial charge in [-0.05, 0) is 62.6 Å². The summed E-state index contributed by atoms with van der Waals surface area (Å²) in [7, 11) is -4.53. The van der Waals surface area contributed by atoms with E-state index in [0.717, 1.165) is 36.1 Å². The van der Waals surface area contributed by atoms with Crippen LogP contribution >= 0.6 is 11.6 Å². The van der Waals surface area contributed by atoms with Gasteiger partial charge in [0.15, 0.2) is 0 Å². The molecular formula is C31H35ClF3N3O4S. The number of nitrogens with zero attached hydrogens (tertiary/aromatic N) is 2. The smallest absolute Gasteiger partial charge is 0.354 e. The van der Waals surface area contributed by atoms with Crippen LogP contribution in [-0.2, 0) is 32.2 Å². The summed E-state index contributed by atoms with van der Waals surface area (Å²) in [6.45, 7) is 4.88. The molecule has 7 nitrogen and oxygen atoms in total. The minimum absolute atomic E-state index is 0.0675. The zero-order valence-corrected chi connectivity index (χ0v) is 25.8. The van der Waals surface area contributed by atoms with Gasteiger partial charge in [-0.15, -0.1) is 0 Å². The summed E-state index contributed by atoms with van der Waals surface area (Å²) >= 11 is 5.81. The van der Waals surface area contributed by atoms with E-state index < -0.39 is 56.9 Å². The van der Waals surface area contributed by atoms with Crippen molar-refractivity contribution in [2.75, 3.05) is 23.9 Å². The first-order valence-electron chi connectivity index (χ1n) is 13.8. The highest BCUT2D eigenvalue weighted by Gasteiger charge is 2.36. The van der Waals surface area contributed by atoms with Crippen molar-refractivity contribution >= 4 is 39.1 Å². The molecule has 1 unspecified atom stereocenters. The van der Waals surface area contributed by atoms with Gasteiger partial charge in [0, 0.05) is 13.1 Å². The Bertz CT molecular complexity index is 1500. The second kappa shape index (κ2) is 14.7. The number of hydrogen-bond donors (Lipinski definition) is 1. The van der Waals surface area contributed by atoms with Gasteiger partial charge in [-0.3, -0.25) is 13.9 Å². The molecule has 3 rings (SSSR count). The van der Waals surface area contributed by atoms with Crippen LogP contribution in [0.5, 0.6) is 0 Å². The number of alkyl halides is 3. The molecule has 3 aromatic rings. The first-order valence-corrected chi connectivity index (χ1v) is 15.6. The predicted molar refractivity (Wildman–Crippen MR) is 161 cm³/mol. The lowest BCUT2D eigenvalue weighted by molar-refractivity contribution is -0.138. The number of nitrogens with one attached hydrogen (secondary N) is 1. The number of carbonyl (C=O) groups excluding carboxylic acids is 2. The van der Waals surface area contributed by atoms with Crippen molar-refractivity contribution in [1.29, 1.82) is 0 Å². The number of unbranched alkanes of at least 4 members (excludes halogenated alkanes) is 1. The Morgan fingerprint density at radius 2 is 1.65 bits per heavy atom. The van der Waals surface area contributed by atoms with E-state index in [4.69, 9.17) is 11.6 Å². The molecule has 0 saturated heterocycles. The van der Waals surface area contributed by atoms with Crippen molar-refractivity contribution in [2.45, 2.75) is 57.1 Å². The molecule has 0 heterocycles. The molecule has 0 aliphatic carbocycles. The van der Waals surface area contributed by atoms with E-state index in [1.165, 1.54) is 24.0 Å². The van der Waals surface area contributed by atoms with Crippen LogP contribution in [0.1, 0.15) is 43.4 Å². The topological polar surface area (TPSA) is 86.8 Å². The number of aryl methyl sites for hydroxylation is 1. The van der Waals surface area contributed by atoms with Gasteiger partial charge in [0.1, 0.15) is 12.6 Å². The first kappa shape index (κ1) is 33.9. The van der Waals surface area contributed by atoms with Gasteiger partial charge in [-0.25, -0.2) is 8.42 Å². The number of halogens is 4. The fourth-order valence-corrected chi connectivity index (χ4v) is 5.99. The maximum Gasteiger partial charge on any atom is 0.417 e. The highest BCUT2D eigenvalue weighted by molar-refractivity contribution is 7.92. The van der Waals surface area contributed by atoms with Gasteiger partial charge in [-0.1, -0.05) is 73.0 Å². The third kappa shape index (κ3) is 8.96. The summed E-state index contributed by atoms with van der Waals surface area (Å²) in [4.78, 5) is 27.9. The highest BCUT2D eigenvalue weighted by atomic mass is 35.5. The molecule has 0 fully saturated rings. The van der Waals surface area contributed by atoms with E-state index in [0.29, 0.717) is 23.3 Å². The zero-order chi connectivity index (χ0) is 31.8. The third-order valence-corrected chi connectivity index (χ3v) is 9.03. The number of carbonyl (C=O) groups is 2. The monoisotopic (exact) mass is 637 g/mol. The van der Waals surface area contributed by atoms with Crippen LogP contribution in [0.4, 0.5) is 18.9 Å². The normalized spacial score (nSPS) is 12.4. The van der Waals surface area contributed by atoms with Crippen LogP contribution in [0, 0.1) is 6.92 Å². The van der Waals surface area contributed by atoms with Gasteiger partial charge in [-0.2, -0.15) is 13.2 Å². The fraction of sp³-hybridized carbons (Fsp3) is 0.355. The molecule has 0 saturated carbocycles. The molecule has 0 aromatic heterocycles. The third-order valence-electron chi connectivity index (χ3n) is 6.91. The lowest BCUT2D eigenvalue weighted by Gasteiger charge is -2.32. The second-order valence-electron chi connectivity index (χ2n) is 10.1. The fourth-order valence-electron chi connectivity index (χ4n) is 4.36. The van der Waals surface area contributed by atoms with E-state index in [2.05, 4.69) is 5.32 Å². The summed E-state index contributed by atoms with van der Waals surface area (Å²) in [5, 5.41) is 2.18. The molecule has 1 atom stereocenters. The molecule has 0 spiro atoms. The number of sulfonamides is 1. The molecule has 43 heavy (non-hydrogen) atoms. The highest BCUT2D eigenvalue weighted by Crippen LogP contribution is 2.38. The number of amides is 2. The van der Waals surface area contributed by atoms with Gasteiger partial charge >= 0.3 is 6.18 Å². The molecule has 0 aliphatic rings. The number of benzene rings is 3. The SMILES string of the molecule is CCCCNC(=O)C(C)N(CCc1ccccc1)C(=O)CN(c1ccc(Cl)c(C(F)(F)F)c1)S(=O)(=O)c1ccc(C)cc1. The van der Waals surface area contributed by atoms with E-state index in [-0.39, 0.29) is 11.4 Å². The number of hydrogen-bond acceptors (Lipinski definition) is 4. The maximum atomic E-state index is 13.9. The number of anilines is 1. The molecule has 1 N–H and O–H groups in total. The van der Waals surface area contributed by atoms with Crippen molar-refractivity contribution in [1.82, 2.24) is 10.2 Å². The Labute approximate surface area is 255 Å². The quantitative estimate of drug-likeness (QED) is 0.225. The van der Waals surface area contributed by atoms with Crippen molar-refractivity contribution < 1.29 is 31.2 Å². The van der Waals surface area contributed by atoms with Gasteiger partial charge in [0.25, 0.3) is 10.0 Å². The molecule has 0 radical (unpaired) electrons. The molecule has 0 bridgehead atoms. The Kier molecular flexibility index (Phi) is 11.6. The summed E-state index contributed by atoms with van der Waals surface area (Å²) in [6.07, 6.45) is -2.93. The van der Waals surface area contributed by atoms with Gasteiger partial charge in [0.2, 0.25) is 11.8 Å². The number of rotatable bonds is 13. The van der Waals surface area contributed by atoms with Crippen LogP contribution < -0.4 is 9.62 Å². The Balaban J connectivity index is 2.05. The van der Waals surface area contributed by atoms with Crippen molar-refractivity contribution in [3.63, 3.8) is 0 Å². The van der Waals surface area contributed by atoms with Crippen molar-refractivity contribution in [3.05, 3.63) is 94.5 Å². The zero-order valence-electron chi connectivity index (χ0n) is 24.2. The Morgan fingerprint density at radius 1 is 1.00 bits per heavy atom. The van der Waals surface area contributed by atoms with E-state index >= 15 is 0 Å². The van der Waals surface area contributed by atoms with Crippen LogP contribution in [0.25, 0.3) is 0 Å². The predicted octanol–water partition coefficient (Wildman–Crippen LogP) is 6.24. The molecule has 2 amide bonds. The van der Waals surface area contributed by atoms with E-state index in [1.54, 1.807) is 19.1 Å². The first-order chi connectivity index (χ1) is 20.3. The van der Waals surface area contributed by atoms with E-state index in [1.807, 2.05) is 37.3 Å². The van der Waals surface area contributed by atoms with Crippen molar-refractivity contribution in [3.8, 4) is 0 Å². The Hall–Kier alpha value is -3.57. The minimum Gasteiger partial charge on any atom is -0.354 e. The van der Waals surface area contributed by atoms with Gasteiger partial charge < -0.3 is 10.2 Å². The summed E-state index contributed by atoms with van der Waals surface area (Å²) in [6, 6.07) is 16.6. The lowest BCUT2D eigenvalue weighted by atomic mass is 10.1. The molecule has 232 valence electrons. The van der Waals surface area contributed by atoms with Gasteiger partial charge in [0.05, 0.1) is 21.2 Å². The minimum atomic E-state index is -4.87. The molecule has 3 aromatic carbocycles. The average molecular weight is 638 g/mol. The Morgan fingerprint density at radius 3 is 2.26 bits per heavy atom. The van der Waals surface area contributed by atoms with Crippen LogP contribution in [0.15, 0.2) is 77.7 Å². The van der Waals surface area contributed by atoms with E-state index in [9.17, 15) is 31.2 Å². The molecule has 0 aliphatic heterocycles. The summed E-state index contributed by atoms with van der Waals surface area (Å²) in [5.41, 5.74) is 0.0134. The van der Waals surface area contributed by atoms with Crippen LogP contribution in [-0.4, -0.2) is 50.8 Å². The second-order valence-corrected chi connectivity index (χ2v) is 12.4. The van der Waals surface area contributed by atoms with Crippen molar-refractivity contribution in [2.24, 2.45) is 0 Å². The van der Waals surface area contributed by atoms with Crippen LogP contribution in [0.3, 0.4) is 0 Å². The van der Waals surface area contributed by atoms with Crippen LogP contribution in [0.2, 0.25) is 5.02 Å².